The van der Waals surface area contributed by atoms with Crippen LogP contribution in [0.5, 0.6) is 0 Å². The van der Waals surface area contributed by atoms with Crippen LogP contribution in [0.4, 0.5) is 18.0 Å². The summed E-state index contributed by atoms with van der Waals surface area (Å²) in [7, 11) is 0. The molecular weight excluding hydrogens is 411 g/mol. The first-order chi connectivity index (χ1) is 14.4. The molecule has 0 radical (unpaired) electrons. The van der Waals surface area contributed by atoms with E-state index in [1.807, 2.05) is 0 Å². The van der Waals surface area contributed by atoms with Gasteiger partial charge in [0.05, 0.1) is 12.1 Å². The molecule has 4 amide bonds. The molecule has 1 saturated heterocycles. The van der Waals surface area contributed by atoms with E-state index in [1.165, 1.54) is 12.1 Å². The minimum absolute atomic E-state index is 0.137. The Morgan fingerprint density at radius 2 is 1.74 bits per heavy atom. The fraction of sp³-hybridized carbons (Fsp3) is 0.318. The summed E-state index contributed by atoms with van der Waals surface area (Å²) in [5, 5.41) is 7.45. The van der Waals surface area contributed by atoms with Crippen LogP contribution >= 0.6 is 0 Å². The van der Waals surface area contributed by atoms with Crippen LogP contribution in [-0.4, -0.2) is 29.9 Å². The fourth-order valence-corrected chi connectivity index (χ4v) is 3.49. The molecule has 0 aromatic heterocycles. The number of rotatable bonds is 5. The summed E-state index contributed by atoms with van der Waals surface area (Å²) in [5.41, 5.74) is -0.0817. The van der Waals surface area contributed by atoms with Gasteiger partial charge in [-0.2, -0.15) is 13.2 Å². The van der Waals surface area contributed by atoms with Crippen molar-refractivity contribution in [2.45, 2.75) is 32.5 Å². The maximum atomic E-state index is 13.0. The highest BCUT2D eigenvalue weighted by Crippen LogP contribution is 2.32. The van der Waals surface area contributed by atoms with Crippen molar-refractivity contribution in [3.05, 3.63) is 59.2 Å². The van der Waals surface area contributed by atoms with E-state index in [9.17, 15) is 27.6 Å². The van der Waals surface area contributed by atoms with Crippen LogP contribution in [0.3, 0.4) is 0 Å². The Morgan fingerprint density at radius 3 is 2.26 bits per heavy atom. The van der Waals surface area contributed by atoms with Gasteiger partial charge in [0.25, 0.3) is 11.8 Å². The van der Waals surface area contributed by atoms with Crippen molar-refractivity contribution in [1.29, 1.82) is 0 Å². The SMILES string of the molecule is Cc1ccc(C(=O)NCC2(C(C)C)NC(=O)NC2=O)c(-c2ccc(C(F)(F)F)cc2)c1. The molecule has 2 aromatic carbocycles. The Labute approximate surface area is 177 Å². The van der Waals surface area contributed by atoms with Crippen molar-refractivity contribution in [2.24, 2.45) is 5.92 Å². The van der Waals surface area contributed by atoms with Gasteiger partial charge in [-0.3, -0.25) is 14.9 Å². The van der Waals surface area contributed by atoms with Crippen LogP contribution in [0.25, 0.3) is 11.1 Å². The first-order valence-electron chi connectivity index (χ1n) is 9.64. The zero-order valence-corrected chi connectivity index (χ0v) is 17.2. The van der Waals surface area contributed by atoms with Crippen molar-refractivity contribution >= 4 is 17.8 Å². The molecule has 0 spiro atoms. The average Bonchev–Trinajstić information content (AvgIpc) is 2.99. The van der Waals surface area contributed by atoms with Crippen LogP contribution in [0.1, 0.15) is 35.3 Å². The van der Waals surface area contributed by atoms with E-state index in [0.717, 1.165) is 17.7 Å². The van der Waals surface area contributed by atoms with Gasteiger partial charge in [-0.15, -0.1) is 0 Å². The highest BCUT2D eigenvalue weighted by Gasteiger charge is 2.48. The second-order valence-corrected chi connectivity index (χ2v) is 7.84. The molecule has 3 N–H and O–H groups in total. The van der Waals surface area contributed by atoms with E-state index in [0.29, 0.717) is 11.1 Å². The van der Waals surface area contributed by atoms with Crippen molar-refractivity contribution in [1.82, 2.24) is 16.0 Å². The molecule has 9 heteroatoms. The number of urea groups is 1. The van der Waals surface area contributed by atoms with E-state index in [4.69, 9.17) is 0 Å². The van der Waals surface area contributed by atoms with Crippen LogP contribution in [0.15, 0.2) is 42.5 Å². The third-order valence-electron chi connectivity index (χ3n) is 5.43. The van der Waals surface area contributed by atoms with Crippen molar-refractivity contribution in [2.75, 3.05) is 6.54 Å². The van der Waals surface area contributed by atoms with Crippen LogP contribution in [0.2, 0.25) is 0 Å². The normalized spacial score (nSPS) is 18.7. The number of nitrogens with one attached hydrogen (secondary N) is 3. The fourth-order valence-electron chi connectivity index (χ4n) is 3.49. The largest absolute Gasteiger partial charge is 0.416 e. The average molecular weight is 433 g/mol. The summed E-state index contributed by atoms with van der Waals surface area (Å²) >= 11 is 0. The number of halogens is 3. The third-order valence-corrected chi connectivity index (χ3v) is 5.43. The molecule has 3 rings (SSSR count). The predicted octanol–water partition coefficient (Wildman–Crippen LogP) is 3.64. The zero-order chi connectivity index (χ0) is 23.0. The van der Waals surface area contributed by atoms with Crippen LogP contribution < -0.4 is 16.0 Å². The second kappa shape index (κ2) is 8.05. The second-order valence-electron chi connectivity index (χ2n) is 7.84. The minimum Gasteiger partial charge on any atom is -0.349 e. The van der Waals surface area contributed by atoms with Gasteiger partial charge in [0.15, 0.2) is 0 Å². The number of carbonyl (C=O) groups excluding carboxylic acids is 3. The number of alkyl halides is 3. The van der Waals surface area contributed by atoms with Crippen molar-refractivity contribution in [3.8, 4) is 11.1 Å². The van der Waals surface area contributed by atoms with Crippen molar-refractivity contribution < 1.29 is 27.6 Å². The maximum absolute atomic E-state index is 13.0. The zero-order valence-electron chi connectivity index (χ0n) is 17.2. The predicted molar refractivity (Wildman–Crippen MR) is 108 cm³/mol. The Hall–Kier alpha value is -3.36. The molecule has 1 heterocycles. The molecule has 1 unspecified atom stereocenters. The number of aryl methyl sites for hydroxylation is 1. The van der Waals surface area contributed by atoms with Gasteiger partial charge >= 0.3 is 12.2 Å². The van der Waals surface area contributed by atoms with Crippen LogP contribution in [-0.2, 0) is 11.0 Å². The van der Waals surface area contributed by atoms with E-state index in [-0.39, 0.29) is 18.0 Å². The quantitative estimate of drug-likeness (QED) is 0.629. The Balaban J connectivity index is 1.89. The first kappa shape index (κ1) is 22.3. The summed E-state index contributed by atoms with van der Waals surface area (Å²) in [5.74, 6) is -1.34. The molecule has 0 saturated carbocycles. The summed E-state index contributed by atoms with van der Waals surface area (Å²) in [6.07, 6.45) is -4.46. The van der Waals surface area contributed by atoms with Gasteiger partial charge in [0.1, 0.15) is 5.54 Å². The lowest BCUT2D eigenvalue weighted by molar-refractivity contribution is -0.137. The molecule has 0 aliphatic carbocycles. The molecule has 2 aromatic rings. The van der Waals surface area contributed by atoms with Gasteiger partial charge in [0.2, 0.25) is 0 Å². The number of amides is 4. The van der Waals surface area contributed by atoms with E-state index in [1.54, 1.807) is 39.0 Å². The van der Waals surface area contributed by atoms with E-state index < -0.39 is 35.1 Å². The van der Waals surface area contributed by atoms with Gasteiger partial charge in [-0.05, 0) is 42.2 Å². The first-order valence-corrected chi connectivity index (χ1v) is 9.64. The molecule has 1 aliphatic rings. The lowest BCUT2D eigenvalue weighted by atomic mass is 9.86. The third kappa shape index (κ3) is 4.40. The highest BCUT2D eigenvalue weighted by atomic mass is 19.4. The summed E-state index contributed by atoms with van der Waals surface area (Å²) in [6.45, 7) is 5.16. The molecule has 1 fully saturated rings. The minimum atomic E-state index is -4.46. The number of hydrogen-bond acceptors (Lipinski definition) is 3. The molecular formula is C22H22F3N3O3. The summed E-state index contributed by atoms with van der Waals surface area (Å²) < 4.78 is 38.6. The monoisotopic (exact) mass is 433 g/mol. The topological polar surface area (TPSA) is 87.3 Å². The van der Waals surface area contributed by atoms with Gasteiger partial charge < -0.3 is 10.6 Å². The standard InChI is InChI=1S/C22H22F3N3O3/c1-12(2)21(19(30)27-20(31)28-21)11-26-18(29)16-9-4-13(3)10-17(16)14-5-7-15(8-6-14)22(23,24)25/h4-10,12H,11H2,1-3H3,(H,26,29)(H2,27,28,30,31). The van der Waals surface area contributed by atoms with Crippen LogP contribution in [0, 0.1) is 12.8 Å². The lowest BCUT2D eigenvalue weighted by Crippen LogP contribution is -2.58. The van der Waals surface area contributed by atoms with Crippen molar-refractivity contribution in [3.63, 3.8) is 0 Å². The molecule has 1 atom stereocenters. The van der Waals surface area contributed by atoms with E-state index in [2.05, 4.69) is 16.0 Å². The number of imide groups is 1. The highest BCUT2D eigenvalue weighted by molar-refractivity contribution is 6.08. The smallest absolute Gasteiger partial charge is 0.349 e. The van der Waals surface area contributed by atoms with Gasteiger partial charge in [-0.25, -0.2) is 4.79 Å². The number of carbonyl (C=O) groups is 3. The molecule has 31 heavy (non-hydrogen) atoms. The Morgan fingerprint density at radius 1 is 1.10 bits per heavy atom. The summed E-state index contributed by atoms with van der Waals surface area (Å²) in [6, 6.07) is 8.92. The molecule has 6 nitrogen and oxygen atoms in total. The van der Waals surface area contributed by atoms with E-state index >= 15 is 0 Å². The Bertz CT molecular complexity index is 1030. The lowest BCUT2D eigenvalue weighted by Gasteiger charge is -2.30. The Kier molecular flexibility index (Phi) is 5.80. The molecule has 0 bridgehead atoms. The maximum Gasteiger partial charge on any atom is 0.416 e. The summed E-state index contributed by atoms with van der Waals surface area (Å²) in [4.78, 5) is 36.9. The number of hydrogen-bond donors (Lipinski definition) is 3. The number of benzene rings is 2. The van der Waals surface area contributed by atoms with Gasteiger partial charge in [-0.1, -0.05) is 43.7 Å². The van der Waals surface area contributed by atoms with Gasteiger partial charge in [0, 0.05) is 5.56 Å². The molecule has 1 aliphatic heterocycles. The molecule has 164 valence electrons.